The van der Waals surface area contributed by atoms with Crippen LogP contribution >= 0.6 is 0 Å². The van der Waals surface area contributed by atoms with Gasteiger partial charge in [-0.2, -0.15) is 0 Å². The molecule has 0 bridgehead atoms. The van der Waals surface area contributed by atoms with Crippen LogP contribution in [-0.4, -0.2) is 49.7 Å². The smallest absolute Gasteiger partial charge is 0.317 e. The zero-order valence-corrected chi connectivity index (χ0v) is 34.8. The van der Waals surface area contributed by atoms with Crippen molar-refractivity contribution < 1.29 is 41.9 Å². The molecule has 3 aromatic rings. The van der Waals surface area contributed by atoms with Gasteiger partial charge in [-0.05, 0) is 63.8 Å². The number of aliphatic imine (C=N–C) groups is 2. The van der Waals surface area contributed by atoms with Gasteiger partial charge in [-0.15, -0.1) is 0 Å². The molecular weight excluding hydrogens is 731 g/mol. The molecule has 2 atom stereocenters. The van der Waals surface area contributed by atoms with Crippen LogP contribution in [0.1, 0.15) is 142 Å². The minimum atomic E-state index is -0.887. The number of nitro groups is 2. The molecule has 0 unspecified atom stereocenters. The zero-order valence-electron chi connectivity index (χ0n) is 33.8. The van der Waals surface area contributed by atoms with Crippen LogP contribution in [0.25, 0.3) is 0 Å². The molecule has 54 heavy (non-hydrogen) atoms. The van der Waals surface area contributed by atoms with E-state index in [-0.39, 0.29) is 50.5 Å². The number of nitrogens with zero attached hydrogens (tertiary/aromatic N) is 4. The second-order valence-electron chi connectivity index (χ2n) is 18.1. The minimum Gasteiger partial charge on any atom is -0.507 e. The van der Waals surface area contributed by atoms with Gasteiger partial charge < -0.3 is 15.3 Å². The van der Waals surface area contributed by atoms with Crippen molar-refractivity contribution in [3.05, 3.63) is 96.1 Å². The summed E-state index contributed by atoms with van der Waals surface area (Å²) < 4.78 is 0. The van der Waals surface area contributed by atoms with E-state index in [0.717, 1.165) is 60.1 Å². The van der Waals surface area contributed by atoms with E-state index in [4.69, 9.17) is 15.1 Å². The first-order valence-corrected chi connectivity index (χ1v) is 18.2. The third-order valence-electron chi connectivity index (χ3n) is 9.50. The van der Waals surface area contributed by atoms with Gasteiger partial charge in [-0.1, -0.05) is 108 Å². The number of benzene rings is 3. The van der Waals surface area contributed by atoms with Crippen molar-refractivity contribution in [3.8, 4) is 17.2 Å². The van der Waals surface area contributed by atoms with Crippen LogP contribution in [0.2, 0.25) is 0 Å². The van der Waals surface area contributed by atoms with Crippen LogP contribution < -0.4 is 0 Å². The summed E-state index contributed by atoms with van der Waals surface area (Å²) in [6, 6.07) is 11.1. The fourth-order valence-electron chi connectivity index (χ4n) is 6.08. The monoisotopic (exact) mass is 789 g/mol. The van der Waals surface area contributed by atoms with Crippen LogP contribution in [0.4, 0.5) is 11.4 Å². The average Bonchev–Trinajstić information content (AvgIpc) is 3.02. The normalized spacial score (nSPS) is 16.8. The summed E-state index contributed by atoms with van der Waals surface area (Å²) in [4.78, 5) is 28.8. The average molecular weight is 790 g/mol. The Bertz CT molecular complexity index is 1780. The molecule has 0 amide bonds. The summed E-state index contributed by atoms with van der Waals surface area (Å²) in [6.45, 7) is 26.0. The molecule has 11 nitrogen and oxygen atoms in total. The Labute approximate surface area is 330 Å². The Kier molecular flexibility index (Phi) is 14.8. The van der Waals surface area contributed by atoms with Crippen molar-refractivity contribution in [3.63, 3.8) is 0 Å². The molecule has 1 saturated carbocycles. The van der Waals surface area contributed by atoms with E-state index in [2.05, 4.69) is 107 Å². The standard InChI is InChI=1S/C36H54N2O2.C6H4N2O5.Co/c1-33(2,3)25-17-23(31(39)27(19-25)35(7,8)9)21-37-29-15-13-14-16-30(29)38-22-24-18-26(34(4,5)6)20-28(32(24)40)36(10,11)12;9-6-2-1-4(7(10)11)3-5(6)8(12)13;/h17-22,29-30,39-40H,13-16H2,1-12H3;1-3,9H;/t29-,30-;;/m1../s1. The molecule has 0 aliphatic heterocycles. The molecule has 3 N–H and O–H groups in total. The third-order valence-corrected chi connectivity index (χ3v) is 9.50. The molecule has 0 aromatic heterocycles. The summed E-state index contributed by atoms with van der Waals surface area (Å²) in [7, 11) is 0. The van der Waals surface area contributed by atoms with Crippen molar-refractivity contribution >= 4 is 23.8 Å². The molecular formula is C42H58CoN4O7. The Morgan fingerprint density at radius 1 is 0.611 bits per heavy atom. The maximum absolute atomic E-state index is 11.2. The van der Waals surface area contributed by atoms with Crippen molar-refractivity contribution in [2.24, 2.45) is 9.98 Å². The predicted molar refractivity (Wildman–Crippen MR) is 214 cm³/mol. The van der Waals surface area contributed by atoms with Gasteiger partial charge in [-0.3, -0.25) is 30.2 Å². The van der Waals surface area contributed by atoms with Crippen molar-refractivity contribution in [1.82, 2.24) is 0 Å². The largest absolute Gasteiger partial charge is 0.507 e. The number of hydrogen-bond acceptors (Lipinski definition) is 9. The van der Waals surface area contributed by atoms with Gasteiger partial charge in [0.15, 0.2) is 5.75 Å². The SMILES string of the molecule is CC(C)(C)c1cc(C=N[C@@H]2CCCC[C@H]2N=Cc2cc(C(C)(C)C)cc(C(C)(C)C)c2O)c(O)c(C(C)(C)C)c1.O=[N+]([O-])c1ccc(O)c([N+](=O)[O-])c1.[Co]. The van der Waals surface area contributed by atoms with Gasteiger partial charge in [0.1, 0.15) is 11.5 Å². The molecule has 1 aliphatic carbocycles. The van der Waals surface area contributed by atoms with E-state index in [0.29, 0.717) is 17.6 Å². The van der Waals surface area contributed by atoms with Gasteiger partial charge in [0.2, 0.25) is 0 Å². The fourth-order valence-corrected chi connectivity index (χ4v) is 6.08. The zero-order chi connectivity index (χ0) is 40.3. The number of hydrogen-bond donors (Lipinski definition) is 3. The third kappa shape index (κ3) is 11.9. The first-order chi connectivity index (χ1) is 24.2. The van der Waals surface area contributed by atoms with E-state index in [9.17, 15) is 30.4 Å². The summed E-state index contributed by atoms with van der Waals surface area (Å²) in [6.07, 6.45) is 7.90. The molecule has 1 aliphatic rings. The Morgan fingerprint density at radius 3 is 1.31 bits per heavy atom. The van der Waals surface area contributed by atoms with Gasteiger partial charge in [0.25, 0.3) is 5.69 Å². The maximum Gasteiger partial charge on any atom is 0.317 e. The molecule has 4 rings (SSSR count). The summed E-state index contributed by atoms with van der Waals surface area (Å²) >= 11 is 0. The van der Waals surface area contributed by atoms with E-state index in [1.165, 1.54) is 11.1 Å². The molecule has 3 aromatic carbocycles. The van der Waals surface area contributed by atoms with Crippen LogP contribution in [0, 0.1) is 20.2 Å². The van der Waals surface area contributed by atoms with E-state index in [1.807, 2.05) is 12.4 Å². The summed E-state index contributed by atoms with van der Waals surface area (Å²) in [5.41, 5.74) is 4.30. The van der Waals surface area contributed by atoms with Crippen molar-refractivity contribution in [1.29, 1.82) is 0 Å². The van der Waals surface area contributed by atoms with Gasteiger partial charge in [-0.25, -0.2) is 0 Å². The predicted octanol–water partition coefficient (Wildman–Crippen LogP) is 10.3. The molecule has 1 radical (unpaired) electrons. The Balaban J connectivity index is 0.000000608. The van der Waals surface area contributed by atoms with Gasteiger partial charge >= 0.3 is 5.69 Å². The summed E-state index contributed by atoms with van der Waals surface area (Å²) in [5.74, 6) is 0.0491. The topological polar surface area (TPSA) is 172 Å². The van der Waals surface area contributed by atoms with E-state index >= 15 is 0 Å². The quantitative estimate of drug-likeness (QED) is 0.127. The second kappa shape index (κ2) is 17.4. The molecule has 1 fully saturated rings. The molecule has 0 spiro atoms. The number of phenolic OH excluding ortho intramolecular Hbond substituents is 3. The maximum atomic E-state index is 11.2. The number of non-ortho nitro benzene ring substituents is 1. The number of phenols is 3. The van der Waals surface area contributed by atoms with Gasteiger partial charge in [0, 0.05) is 57.5 Å². The van der Waals surface area contributed by atoms with Crippen LogP contribution in [0.3, 0.4) is 0 Å². The van der Waals surface area contributed by atoms with Gasteiger partial charge in [0.05, 0.1) is 28.0 Å². The van der Waals surface area contributed by atoms with Crippen LogP contribution in [0.15, 0.2) is 52.4 Å². The molecule has 0 saturated heterocycles. The molecule has 297 valence electrons. The van der Waals surface area contributed by atoms with Crippen molar-refractivity contribution in [2.45, 2.75) is 143 Å². The number of nitro benzene ring substituents is 2. The fraction of sp³-hybridized carbons (Fsp3) is 0.524. The van der Waals surface area contributed by atoms with Crippen LogP contribution in [-0.2, 0) is 38.4 Å². The number of aromatic hydroxyl groups is 3. The van der Waals surface area contributed by atoms with E-state index < -0.39 is 27.0 Å². The molecule has 0 heterocycles. The number of rotatable bonds is 6. The minimum absolute atomic E-state index is 0. The van der Waals surface area contributed by atoms with Crippen molar-refractivity contribution in [2.75, 3.05) is 0 Å². The molecule has 12 heteroatoms. The Morgan fingerprint density at radius 2 is 1.00 bits per heavy atom. The first kappa shape index (κ1) is 45.9. The summed E-state index contributed by atoms with van der Waals surface area (Å²) in [5, 5.41) is 51.8. The second-order valence-corrected chi connectivity index (χ2v) is 18.1. The van der Waals surface area contributed by atoms with E-state index in [1.54, 1.807) is 0 Å². The Hall–Kier alpha value is -4.29. The van der Waals surface area contributed by atoms with Crippen LogP contribution in [0.5, 0.6) is 17.2 Å². The first-order valence-electron chi connectivity index (χ1n) is 18.2.